The van der Waals surface area contributed by atoms with Gasteiger partial charge in [-0.25, -0.2) is 23.2 Å². The number of hydrogen-bond acceptors (Lipinski definition) is 5. The van der Waals surface area contributed by atoms with Crippen molar-refractivity contribution in [3.05, 3.63) is 23.7 Å². The van der Waals surface area contributed by atoms with Crippen LogP contribution in [-0.2, 0) is 23.0 Å². The van der Waals surface area contributed by atoms with Gasteiger partial charge < -0.3 is 9.36 Å². The van der Waals surface area contributed by atoms with Gasteiger partial charge in [0.15, 0.2) is 11.2 Å². The zero-order valence-electron chi connectivity index (χ0n) is 11.6. The summed E-state index contributed by atoms with van der Waals surface area (Å²) >= 11 is 0.126. The number of nitrogens with one attached hydrogen (secondary N) is 1. The summed E-state index contributed by atoms with van der Waals surface area (Å²) in [6, 6.07) is -0.543. The number of carbonyl (C=O) groups is 1. The van der Waals surface area contributed by atoms with Crippen molar-refractivity contribution in [3.63, 3.8) is 0 Å². The van der Waals surface area contributed by atoms with E-state index in [9.17, 15) is 9.00 Å². The Balaban J connectivity index is 1.83. The second-order valence-corrected chi connectivity index (χ2v) is 7.26. The average molecular weight is 325 g/mol. The van der Waals surface area contributed by atoms with Gasteiger partial charge in [-0.15, -0.1) is 11.3 Å². The molecule has 3 unspecified atom stereocenters. The molecule has 0 radical (unpaired) electrons. The number of likely N-dealkylation sites (N-methyl/N-ethyl adjacent to an activating group) is 1. The number of thiazole rings is 1. The quantitative estimate of drug-likeness (QED) is 0.841. The fourth-order valence-corrected chi connectivity index (χ4v) is 4.18. The molecule has 2 aromatic rings. The standard InChI is InChI=1S/C12H15N5O2S2/c1-16-5-10(14-7-16)11-4-13-12(20-11)9-3-8(6-18)17(2)21(19)15-9/h4-9,15H,3H2,1-2H3. The predicted molar refractivity (Wildman–Crippen MR) is 80.6 cm³/mol. The lowest BCUT2D eigenvalue weighted by molar-refractivity contribution is -0.111. The number of aromatic nitrogens is 3. The van der Waals surface area contributed by atoms with E-state index >= 15 is 0 Å². The van der Waals surface area contributed by atoms with Gasteiger partial charge in [-0.3, -0.25) is 0 Å². The minimum absolute atomic E-state index is 0.181. The van der Waals surface area contributed by atoms with Crippen molar-refractivity contribution in [2.45, 2.75) is 18.5 Å². The van der Waals surface area contributed by atoms with Gasteiger partial charge >= 0.3 is 0 Å². The smallest absolute Gasteiger partial charge is 0.171 e. The summed E-state index contributed by atoms with van der Waals surface area (Å²) in [5.41, 5.74) is 0.863. The Morgan fingerprint density at radius 3 is 2.95 bits per heavy atom. The van der Waals surface area contributed by atoms with E-state index in [2.05, 4.69) is 14.7 Å². The summed E-state index contributed by atoms with van der Waals surface area (Å²) < 4.78 is 18.3. The minimum Gasteiger partial charge on any atom is -0.340 e. The third-order valence-electron chi connectivity index (χ3n) is 3.38. The van der Waals surface area contributed by atoms with Gasteiger partial charge in [-0.2, -0.15) is 0 Å². The minimum atomic E-state index is -1.38. The molecule has 1 saturated heterocycles. The molecular formula is C12H15N5O2S2. The van der Waals surface area contributed by atoms with E-state index in [1.54, 1.807) is 19.6 Å². The summed E-state index contributed by atoms with van der Waals surface area (Å²) in [5.74, 6) is 0. The van der Waals surface area contributed by atoms with Gasteiger partial charge in [0, 0.05) is 26.5 Å². The van der Waals surface area contributed by atoms with Crippen molar-refractivity contribution in [1.82, 2.24) is 23.6 Å². The topological polar surface area (TPSA) is 80.1 Å². The van der Waals surface area contributed by atoms with Crippen LogP contribution in [-0.4, -0.2) is 42.4 Å². The van der Waals surface area contributed by atoms with Gasteiger partial charge in [0.2, 0.25) is 0 Å². The number of carbonyl (C=O) groups excluding carboxylic acids is 1. The molecule has 0 saturated carbocycles. The largest absolute Gasteiger partial charge is 0.340 e. The van der Waals surface area contributed by atoms with Gasteiger partial charge in [0.1, 0.15) is 11.3 Å². The molecule has 112 valence electrons. The van der Waals surface area contributed by atoms with Crippen LogP contribution in [0.2, 0.25) is 0 Å². The van der Waals surface area contributed by atoms with E-state index < -0.39 is 11.2 Å². The molecule has 1 fully saturated rings. The summed E-state index contributed by atoms with van der Waals surface area (Å²) in [7, 11) is 3.58. The fraction of sp³-hybridized carbons (Fsp3) is 0.417. The third-order valence-corrected chi connectivity index (χ3v) is 5.80. The molecule has 3 rings (SSSR count). The number of imidazole rings is 1. The monoisotopic (exact) mass is 325 g/mol. The molecule has 7 nitrogen and oxygen atoms in total. The third kappa shape index (κ3) is 2.82. The zero-order chi connectivity index (χ0) is 15.0. The molecule has 9 heteroatoms. The van der Waals surface area contributed by atoms with Crippen LogP contribution < -0.4 is 4.72 Å². The van der Waals surface area contributed by atoms with E-state index in [1.165, 1.54) is 15.6 Å². The lowest BCUT2D eigenvalue weighted by Crippen LogP contribution is -2.48. The SMILES string of the molecule is CN1C(C=O)CC(c2ncc(-c3cn(C)cn3)s2)NS1=O. The molecule has 2 aromatic heterocycles. The van der Waals surface area contributed by atoms with Gasteiger partial charge in [-0.05, 0) is 6.42 Å². The van der Waals surface area contributed by atoms with Crippen molar-refractivity contribution in [3.8, 4) is 10.6 Å². The molecule has 3 atom stereocenters. The van der Waals surface area contributed by atoms with Gasteiger partial charge in [-0.1, -0.05) is 0 Å². The predicted octanol–water partition coefficient (Wildman–Crippen LogP) is 0.656. The molecule has 0 aromatic carbocycles. The number of aryl methyl sites for hydroxylation is 1. The van der Waals surface area contributed by atoms with Crippen LogP contribution in [0.15, 0.2) is 18.7 Å². The van der Waals surface area contributed by atoms with Crippen LogP contribution in [0.4, 0.5) is 0 Å². The highest BCUT2D eigenvalue weighted by molar-refractivity contribution is 7.80. The van der Waals surface area contributed by atoms with Crippen molar-refractivity contribution >= 4 is 28.8 Å². The van der Waals surface area contributed by atoms with E-state index in [-0.39, 0.29) is 12.1 Å². The highest BCUT2D eigenvalue weighted by atomic mass is 32.2. The maximum Gasteiger partial charge on any atom is 0.171 e. The highest BCUT2D eigenvalue weighted by Gasteiger charge is 2.33. The molecule has 3 heterocycles. The Morgan fingerprint density at radius 2 is 2.29 bits per heavy atom. The lowest BCUT2D eigenvalue weighted by atomic mass is 10.1. The van der Waals surface area contributed by atoms with Crippen LogP contribution in [0.3, 0.4) is 0 Å². The Bertz CT molecular complexity index is 683. The van der Waals surface area contributed by atoms with E-state index in [1.807, 2.05) is 17.8 Å². The number of hydrogen-bond donors (Lipinski definition) is 1. The van der Waals surface area contributed by atoms with Gasteiger partial charge in [0.05, 0.1) is 29.0 Å². The zero-order valence-corrected chi connectivity index (χ0v) is 13.2. The maximum absolute atomic E-state index is 12.0. The Hall–Kier alpha value is -1.42. The second-order valence-electron chi connectivity index (χ2n) is 4.89. The average Bonchev–Trinajstić information content (AvgIpc) is 3.10. The van der Waals surface area contributed by atoms with Crippen LogP contribution in [0.1, 0.15) is 17.5 Å². The number of nitrogens with zero attached hydrogens (tertiary/aromatic N) is 4. The maximum atomic E-state index is 12.0. The number of aldehydes is 1. The van der Waals surface area contributed by atoms with Crippen LogP contribution in [0, 0.1) is 0 Å². The lowest BCUT2D eigenvalue weighted by Gasteiger charge is -2.32. The van der Waals surface area contributed by atoms with Crippen LogP contribution >= 0.6 is 11.3 Å². The molecule has 0 spiro atoms. The summed E-state index contributed by atoms with van der Waals surface area (Å²) in [5, 5.41) is 0.823. The molecule has 1 N–H and O–H groups in total. The normalized spacial score (nSPS) is 26.9. The molecule has 0 aliphatic carbocycles. The van der Waals surface area contributed by atoms with Crippen LogP contribution in [0.25, 0.3) is 10.6 Å². The van der Waals surface area contributed by atoms with E-state index in [4.69, 9.17) is 0 Å². The molecule has 0 bridgehead atoms. The first kappa shape index (κ1) is 14.5. The summed E-state index contributed by atoms with van der Waals surface area (Å²) in [6.45, 7) is 0. The van der Waals surface area contributed by atoms with Crippen molar-refractivity contribution in [2.75, 3.05) is 7.05 Å². The first-order valence-corrected chi connectivity index (χ1v) is 8.31. The van der Waals surface area contributed by atoms with Gasteiger partial charge in [0.25, 0.3) is 0 Å². The van der Waals surface area contributed by atoms with E-state index in [0.717, 1.165) is 21.9 Å². The molecule has 0 amide bonds. The Morgan fingerprint density at radius 1 is 1.48 bits per heavy atom. The number of rotatable bonds is 3. The summed E-state index contributed by atoms with van der Waals surface area (Å²) in [6.07, 6.45) is 6.81. The molecule has 1 aliphatic heterocycles. The molecular weight excluding hydrogens is 310 g/mol. The van der Waals surface area contributed by atoms with Crippen LogP contribution in [0.5, 0.6) is 0 Å². The first-order valence-electron chi connectivity index (χ1n) is 6.38. The molecule has 21 heavy (non-hydrogen) atoms. The van der Waals surface area contributed by atoms with Crippen molar-refractivity contribution in [2.24, 2.45) is 7.05 Å². The summed E-state index contributed by atoms with van der Waals surface area (Å²) in [4.78, 5) is 20.7. The fourth-order valence-electron chi connectivity index (χ4n) is 2.17. The molecule has 1 aliphatic rings. The van der Waals surface area contributed by atoms with Crippen molar-refractivity contribution in [1.29, 1.82) is 0 Å². The first-order chi connectivity index (χ1) is 10.1. The Kier molecular flexibility index (Phi) is 3.98. The second kappa shape index (κ2) is 5.76. The Labute approximate surface area is 128 Å². The van der Waals surface area contributed by atoms with E-state index in [0.29, 0.717) is 6.42 Å². The highest BCUT2D eigenvalue weighted by Crippen LogP contribution is 2.32. The van der Waals surface area contributed by atoms with Crippen molar-refractivity contribution < 1.29 is 9.00 Å².